The molecule has 3 N–H and O–H groups in total. The van der Waals surface area contributed by atoms with E-state index >= 15 is 0 Å². The van der Waals surface area contributed by atoms with Gasteiger partial charge in [-0.25, -0.2) is 4.79 Å². The first-order valence-corrected chi connectivity index (χ1v) is 11.2. The molecule has 3 aliphatic rings. The number of nitrogens with one attached hydrogen (secondary N) is 2. The summed E-state index contributed by atoms with van der Waals surface area (Å²) in [6, 6.07) is 12.9. The van der Waals surface area contributed by atoms with Gasteiger partial charge in [0.25, 0.3) is 0 Å². The maximum absolute atomic E-state index is 11.4. The Morgan fingerprint density at radius 2 is 2.00 bits per heavy atom. The molecule has 3 heterocycles. The van der Waals surface area contributed by atoms with Crippen LogP contribution in [0.25, 0.3) is 21.9 Å². The number of aliphatic hydroxyl groups is 1. The van der Waals surface area contributed by atoms with Crippen molar-refractivity contribution in [3.8, 4) is 16.9 Å². The predicted molar refractivity (Wildman–Crippen MR) is 121 cm³/mol. The average molecular weight is 434 g/mol. The highest BCUT2D eigenvalue weighted by atomic mass is 16.5. The monoisotopic (exact) mass is 433 g/mol. The maximum Gasteiger partial charge on any atom is 0.315 e. The molecule has 0 radical (unpaired) electrons. The van der Waals surface area contributed by atoms with E-state index < -0.39 is 6.10 Å². The third-order valence-electron chi connectivity index (χ3n) is 6.60. The largest absolute Gasteiger partial charge is 0.491 e. The lowest BCUT2D eigenvalue weighted by atomic mass is 9.91. The summed E-state index contributed by atoms with van der Waals surface area (Å²) in [5.74, 6) is 0.745. The van der Waals surface area contributed by atoms with Crippen molar-refractivity contribution < 1.29 is 14.6 Å². The number of nitrogens with zero attached hydrogens (tertiary/aromatic N) is 3. The highest BCUT2D eigenvalue weighted by Gasteiger charge is 2.47. The lowest BCUT2D eigenvalue weighted by Crippen LogP contribution is -2.69. The van der Waals surface area contributed by atoms with Crippen LogP contribution in [0.3, 0.4) is 0 Å². The van der Waals surface area contributed by atoms with Crippen molar-refractivity contribution in [3.05, 3.63) is 48.8 Å². The molecule has 1 atom stereocenters. The van der Waals surface area contributed by atoms with Crippen LogP contribution in [-0.4, -0.2) is 70.2 Å². The van der Waals surface area contributed by atoms with Crippen molar-refractivity contribution in [2.75, 3.05) is 32.8 Å². The summed E-state index contributed by atoms with van der Waals surface area (Å²) < 4.78 is 7.96. The molecule has 1 aromatic heterocycles. The van der Waals surface area contributed by atoms with Gasteiger partial charge in [0.2, 0.25) is 0 Å². The number of carbonyl (C=O) groups excluding carboxylic acids is 1. The minimum Gasteiger partial charge on any atom is -0.491 e. The van der Waals surface area contributed by atoms with E-state index in [1.54, 1.807) is 0 Å². The number of aliphatic hydroxyl groups excluding tert-OH is 1. The Morgan fingerprint density at radius 1 is 1.16 bits per heavy atom. The molecule has 166 valence electrons. The van der Waals surface area contributed by atoms with Gasteiger partial charge in [0.15, 0.2) is 0 Å². The van der Waals surface area contributed by atoms with E-state index in [0.29, 0.717) is 19.1 Å². The Morgan fingerprint density at radius 3 is 2.78 bits per heavy atom. The van der Waals surface area contributed by atoms with E-state index in [2.05, 4.69) is 49.7 Å². The van der Waals surface area contributed by atoms with Crippen molar-refractivity contribution in [3.63, 3.8) is 0 Å². The van der Waals surface area contributed by atoms with Crippen molar-refractivity contribution in [2.24, 2.45) is 0 Å². The number of likely N-dealkylation sites (tertiary alicyclic amines) is 1. The van der Waals surface area contributed by atoms with Crippen LogP contribution in [0, 0.1) is 0 Å². The Balaban J connectivity index is 1.07. The van der Waals surface area contributed by atoms with Crippen molar-refractivity contribution >= 4 is 16.8 Å². The molecule has 8 heteroatoms. The van der Waals surface area contributed by atoms with Crippen molar-refractivity contribution in [1.29, 1.82) is 0 Å². The SMILES string of the molecule is O=C1NCC2(CN(CC(O)COc3ccc4ccc(-c5cnn(C6CC6)c5)cc4c3)C2)N1. The number of fused-ring (bicyclic) bond motifs is 1. The molecule has 2 saturated heterocycles. The molecule has 3 aromatic rings. The van der Waals surface area contributed by atoms with Gasteiger partial charge < -0.3 is 20.5 Å². The van der Waals surface area contributed by atoms with E-state index in [1.165, 1.54) is 12.8 Å². The van der Waals surface area contributed by atoms with Crippen LogP contribution in [0.4, 0.5) is 4.79 Å². The predicted octanol–water partition coefficient (Wildman–Crippen LogP) is 2.15. The van der Waals surface area contributed by atoms with Gasteiger partial charge in [-0.3, -0.25) is 9.58 Å². The summed E-state index contributed by atoms with van der Waals surface area (Å²) in [5, 5.41) is 22.9. The van der Waals surface area contributed by atoms with Crippen LogP contribution in [0.2, 0.25) is 0 Å². The summed E-state index contributed by atoms with van der Waals surface area (Å²) in [5.41, 5.74) is 2.10. The molecule has 2 aromatic carbocycles. The van der Waals surface area contributed by atoms with Gasteiger partial charge in [-0.2, -0.15) is 5.10 Å². The minimum absolute atomic E-state index is 0.107. The van der Waals surface area contributed by atoms with Crippen LogP contribution in [-0.2, 0) is 0 Å². The fourth-order valence-corrected chi connectivity index (χ4v) is 4.77. The van der Waals surface area contributed by atoms with Crippen molar-refractivity contribution in [2.45, 2.75) is 30.5 Å². The third kappa shape index (κ3) is 3.80. The van der Waals surface area contributed by atoms with Crippen LogP contribution in [0.15, 0.2) is 48.8 Å². The van der Waals surface area contributed by atoms with Crippen LogP contribution < -0.4 is 15.4 Å². The van der Waals surface area contributed by atoms with E-state index in [-0.39, 0.29) is 18.2 Å². The maximum atomic E-state index is 11.4. The number of hydrogen-bond donors (Lipinski definition) is 3. The van der Waals surface area contributed by atoms with Crippen LogP contribution in [0.5, 0.6) is 5.75 Å². The molecule has 32 heavy (non-hydrogen) atoms. The molecule has 6 rings (SSSR count). The van der Waals surface area contributed by atoms with E-state index in [1.807, 2.05) is 24.4 Å². The molecule has 1 unspecified atom stereocenters. The second kappa shape index (κ2) is 7.50. The Kier molecular flexibility index (Phi) is 4.58. The van der Waals surface area contributed by atoms with Crippen LogP contribution in [0.1, 0.15) is 18.9 Å². The average Bonchev–Trinajstić information content (AvgIpc) is 3.37. The van der Waals surface area contributed by atoms with Crippen molar-refractivity contribution in [1.82, 2.24) is 25.3 Å². The normalized spacial score (nSPS) is 20.7. The highest BCUT2D eigenvalue weighted by Crippen LogP contribution is 2.35. The second-order valence-corrected chi connectivity index (χ2v) is 9.39. The second-order valence-electron chi connectivity index (χ2n) is 9.39. The van der Waals surface area contributed by atoms with Gasteiger partial charge in [0.05, 0.1) is 17.8 Å². The number of ether oxygens (including phenoxy) is 1. The number of carbonyl (C=O) groups is 1. The lowest BCUT2D eigenvalue weighted by molar-refractivity contribution is 0.00543. The molecule has 1 saturated carbocycles. The van der Waals surface area contributed by atoms with Gasteiger partial charge in [-0.15, -0.1) is 0 Å². The standard InChI is InChI=1S/C24H27N5O3/c30-21(11-28-14-24(15-28)13-25-23(31)27-24)12-32-22-6-3-16-1-2-17(7-18(16)8-22)19-9-26-29(10-19)20-4-5-20/h1-3,6-10,20-21,30H,4-5,11-15H2,(H2,25,27,31). The zero-order valence-corrected chi connectivity index (χ0v) is 17.8. The Bertz CT molecular complexity index is 1170. The topological polar surface area (TPSA) is 91.7 Å². The summed E-state index contributed by atoms with van der Waals surface area (Å²) in [4.78, 5) is 13.5. The number of aromatic nitrogens is 2. The number of urea groups is 1. The molecule has 0 bridgehead atoms. The number of benzene rings is 2. The molecule has 2 amide bonds. The summed E-state index contributed by atoms with van der Waals surface area (Å²) in [6.45, 7) is 2.90. The minimum atomic E-state index is -0.590. The van der Waals surface area contributed by atoms with Gasteiger partial charge in [-0.05, 0) is 47.4 Å². The van der Waals surface area contributed by atoms with Gasteiger partial charge in [-0.1, -0.05) is 18.2 Å². The van der Waals surface area contributed by atoms with Crippen LogP contribution >= 0.6 is 0 Å². The molecular formula is C24H27N5O3. The molecule has 1 spiro atoms. The summed E-state index contributed by atoms with van der Waals surface area (Å²) in [7, 11) is 0. The zero-order chi connectivity index (χ0) is 21.7. The van der Waals surface area contributed by atoms with Gasteiger partial charge >= 0.3 is 6.03 Å². The highest BCUT2D eigenvalue weighted by molar-refractivity contribution is 5.88. The fraction of sp³-hybridized carbons (Fsp3) is 0.417. The summed E-state index contributed by atoms with van der Waals surface area (Å²) >= 11 is 0. The molecular weight excluding hydrogens is 406 g/mol. The fourth-order valence-electron chi connectivity index (χ4n) is 4.77. The lowest BCUT2D eigenvalue weighted by Gasteiger charge is -2.47. The Hall–Kier alpha value is -3.10. The van der Waals surface area contributed by atoms with E-state index in [9.17, 15) is 9.90 Å². The number of rotatable bonds is 7. The summed E-state index contributed by atoms with van der Waals surface area (Å²) in [6.07, 6.45) is 5.91. The smallest absolute Gasteiger partial charge is 0.315 e. The number of amides is 2. The molecule has 8 nitrogen and oxygen atoms in total. The van der Waals surface area contributed by atoms with E-state index in [4.69, 9.17) is 4.74 Å². The zero-order valence-electron chi connectivity index (χ0n) is 17.8. The molecule has 2 aliphatic heterocycles. The van der Waals surface area contributed by atoms with E-state index in [0.717, 1.165) is 40.7 Å². The first-order chi connectivity index (χ1) is 15.6. The van der Waals surface area contributed by atoms with Gasteiger partial charge in [0.1, 0.15) is 18.5 Å². The first-order valence-electron chi connectivity index (χ1n) is 11.2. The first kappa shape index (κ1) is 19.6. The number of β-amino-alcohol motifs (C(OH)–C–C–N with tert-alkyl or cyclic N) is 1. The molecule has 1 aliphatic carbocycles. The number of hydrogen-bond acceptors (Lipinski definition) is 5. The Labute approximate surface area is 186 Å². The quantitative estimate of drug-likeness (QED) is 0.531. The van der Waals surface area contributed by atoms with Gasteiger partial charge in [0, 0.05) is 37.9 Å². The molecule has 3 fully saturated rings. The third-order valence-corrected chi connectivity index (χ3v) is 6.60.